The van der Waals surface area contributed by atoms with Gasteiger partial charge in [-0.3, -0.25) is 4.79 Å². The molecule has 0 heterocycles. The first-order valence-electron chi connectivity index (χ1n) is 1.39. The normalized spacial score (nSPS) is 6.67. The molecule has 0 amide bonds. The first-order chi connectivity index (χ1) is 2.77. The molecule has 0 aliphatic carbocycles. The molecule has 0 fully saturated rings. The molecule has 0 radical (unpaired) electrons. The highest BCUT2D eigenvalue weighted by Gasteiger charge is 1.84. The average molecular weight is 103 g/mol. The summed E-state index contributed by atoms with van der Waals surface area (Å²) in [6.07, 6.45) is 4.70. The summed E-state index contributed by atoms with van der Waals surface area (Å²) in [5.41, 5.74) is 0. The summed E-state index contributed by atoms with van der Waals surface area (Å²) in [6, 6.07) is 0. The maximum atomic E-state index is 9.67. The highest BCUT2D eigenvalue weighted by molar-refractivity contribution is 6.63. The Labute approximate surface area is 41.3 Å². The van der Waals surface area contributed by atoms with E-state index in [1.807, 2.05) is 0 Å². The van der Waals surface area contributed by atoms with Crippen molar-refractivity contribution in [3.05, 3.63) is 0 Å². The smallest absolute Gasteiger partial charge is 0.233 e. The van der Waals surface area contributed by atoms with Gasteiger partial charge in [-0.1, -0.05) is 5.92 Å². The Morgan fingerprint density at radius 1 is 2.00 bits per heavy atom. The number of rotatable bonds is 1. The van der Waals surface area contributed by atoms with Crippen LogP contribution in [0.15, 0.2) is 0 Å². The van der Waals surface area contributed by atoms with Crippen LogP contribution in [0.3, 0.4) is 0 Å². The van der Waals surface area contributed by atoms with Gasteiger partial charge in [-0.25, -0.2) is 0 Å². The molecule has 0 spiro atoms. The Bertz CT molecular complexity index is 90.2. The van der Waals surface area contributed by atoms with Crippen molar-refractivity contribution in [2.45, 2.75) is 6.42 Å². The topological polar surface area (TPSA) is 17.1 Å². The van der Waals surface area contributed by atoms with Gasteiger partial charge in [0.05, 0.1) is 6.42 Å². The van der Waals surface area contributed by atoms with E-state index in [2.05, 4.69) is 12.3 Å². The van der Waals surface area contributed by atoms with Crippen molar-refractivity contribution in [2.24, 2.45) is 0 Å². The van der Waals surface area contributed by atoms with E-state index in [-0.39, 0.29) is 6.42 Å². The van der Waals surface area contributed by atoms with Crippen LogP contribution in [0.2, 0.25) is 0 Å². The fourth-order valence-corrected chi connectivity index (χ4v) is 0.157. The molecule has 0 N–H and O–H groups in total. The van der Waals surface area contributed by atoms with Gasteiger partial charge in [0.2, 0.25) is 5.24 Å². The highest BCUT2D eigenvalue weighted by Crippen LogP contribution is 1.82. The SMILES string of the molecule is C#CCC(=O)Cl. The van der Waals surface area contributed by atoms with Gasteiger partial charge in [-0.2, -0.15) is 0 Å². The average Bonchev–Trinajstić information content (AvgIpc) is 1.35. The molecule has 0 rings (SSSR count). The van der Waals surface area contributed by atoms with Crippen molar-refractivity contribution in [1.82, 2.24) is 0 Å². The van der Waals surface area contributed by atoms with E-state index in [9.17, 15) is 4.79 Å². The first-order valence-corrected chi connectivity index (χ1v) is 1.77. The fraction of sp³-hybridized carbons (Fsp3) is 0.250. The monoisotopic (exact) mass is 102 g/mol. The third-order valence-electron chi connectivity index (χ3n) is 0.241. The van der Waals surface area contributed by atoms with E-state index in [0.29, 0.717) is 0 Å². The Hall–Kier alpha value is -0.480. The molecular formula is C4H3ClO. The molecule has 2 heteroatoms. The van der Waals surface area contributed by atoms with Gasteiger partial charge >= 0.3 is 0 Å². The summed E-state index contributed by atoms with van der Waals surface area (Å²) in [5.74, 6) is 2.09. The number of hydrogen-bond acceptors (Lipinski definition) is 1. The van der Waals surface area contributed by atoms with Crippen molar-refractivity contribution in [3.63, 3.8) is 0 Å². The van der Waals surface area contributed by atoms with Crippen LogP contribution in [0.4, 0.5) is 0 Å². The lowest BCUT2D eigenvalue weighted by Gasteiger charge is -1.69. The second-order valence-electron chi connectivity index (χ2n) is 0.736. The van der Waals surface area contributed by atoms with Gasteiger partial charge in [0.25, 0.3) is 0 Å². The molecule has 0 saturated carbocycles. The summed E-state index contributed by atoms with van der Waals surface area (Å²) in [4.78, 5) is 9.67. The van der Waals surface area contributed by atoms with E-state index < -0.39 is 5.24 Å². The minimum atomic E-state index is -0.475. The largest absolute Gasteiger partial charge is 0.280 e. The Morgan fingerprint density at radius 2 is 2.50 bits per heavy atom. The molecule has 0 bridgehead atoms. The van der Waals surface area contributed by atoms with E-state index in [1.165, 1.54) is 0 Å². The molecule has 1 nitrogen and oxygen atoms in total. The molecule has 0 aromatic heterocycles. The van der Waals surface area contributed by atoms with E-state index in [4.69, 9.17) is 11.6 Å². The third kappa shape index (κ3) is 3.52. The summed E-state index contributed by atoms with van der Waals surface area (Å²) in [7, 11) is 0. The third-order valence-corrected chi connectivity index (χ3v) is 0.375. The summed E-state index contributed by atoms with van der Waals surface area (Å²) >= 11 is 4.80. The van der Waals surface area contributed by atoms with Crippen molar-refractivity contribution in [1.29, 1.82) is 0 Å². The van der Waals surface area contributed by atoms with E-state index in [1.54, 1.807) is 0 Å². The Kier molecular flexibility index (Phi) is 2.52. The predicted octanol–water partition coefficient (Wildman–Crippen LogP) is 0.775. The van der Waals surface area contributed by atoms with Crippen LogP contribution in [-0.4, -0.2) is 5.24 Å². The molecule has 0 unspecified atom stereocenters. The quantitative estimate of drug-likeness (QED) is 0.353. The Balaban J connectivity index is 3.13. The van der Waals surface area contributed by atoms with Crippen LogP contribution in [0.5, 0.6) is 0 Å². The van der Waals surface area contributed by atoms with Crippen molar-refractivity contribution in [2.75, 3.05) is 0 Å². The lowest BCUT2D eigenvalue weighted by Crippen LogP contribution is -1.77. The van der Waals surface area contributed by atoms with Gasteiger partial charge in [0.1, 0.15) is 0 Å². The second-order valence-corrected chi connectivity index (χ2v) is 1.16. The van der Waals surface area contributed by atoms with Crippen LogP contribution in [0.25, 0.3) is 0 Å². The lowest BCUT2D eigenvalue weighted by molar-refractivity contribution is -0.110. The summed E-state index contributed by atoms with van der Waals surface area (Å²) in [6.45, 7) is 0. The Morgan fingerprint density at radius 3 is 2.50 bits per heavy atom. The number of carbonyl (C=O) groups excluding carboxylic acids is 1. The number of terminal acetylenes is 1. The minimum absolute atomic E-state index is 0.0293. The molecule has 0 aromatic carbocycles. The van der Waals surface area contributed by atoms with Gasteiger partial charge in [-0.05, 0) is 11.6 Å². The van der Waals surface area contributed by atoms with Gasteiger partial charge in [0, 0.05) is 0 Å². The van der Waals surface area contributed by atoms with Crippen molar-refractivity contribution in [3.8, 4) is 12.3 Å². The van der Waals surface area contributed by atoms with Crippen LogP contribution in [0.1, 0.15) is 6.42 Å². The summed E-state index contributed by atoms with van der Waals surface area (Å²) < 4.78 is 0. The highest BCUT2D eigenvalue weighted by atomic mass is 35.5. The van der Waals surface area contributed by atoms with Crippen LogP contribution < -0.4 is 0 Å². The van der Waals surface area contributed by atoms with Crippen LogP contribution in [0, 0.1) is 12.3 Å². The molecule has 0 saturated heterocycles. The van der Waals surface area contributed by atoms with Gasteiger partial charge in [-0.15, -0.1) is 6.42 Å². The van der Waals surface area contributed by atoms with E-state index >= 15 is 0 Å². The van der Waals surface area contributed by atoms with Gasteiger partial charge < -0.3 is 0 Å². The van der Waals surface area contributed by atoms with Crippen LogP contribution in [-0.2, 0) is 4.79 Å². The molecule has 0 aliphatic heterocycles. The number of halogens is 1. The van der Waals surface area contributed by atoms with Crippen molar-refractivity contribution >= 4 is 16.8 Å². The molecule has 0 atom stereocenters. The fourth-order valence-electron chi connectivity index (χ4n) is 0.0802. The lowest BCUT2D eigenvalue weighted by atomic mass is 10.5. The standard InChI is InChI=1S/C4H3ClO/c1-2-3-4(5)6/h1H,3H2. The maximum absolute atomic E-state index is 9.67. The van der Waals surface area contributed by atoms with E-state index in [0.717, 1.165) is 0 Å². The summed E-state index contributed by atoms with van der Waals surface area (Å²) in [5, 5.41) is -0.475. The molecule has 32 valence electrons. The maximum Gasteiger partial charge on any atom is 0.233 e. The molecule has 6 heavy (non-hydrogen) atoms. The molecular weight excluding hydrogens is 99.5 g/mol. The minimum Gasteiger partial charge on any atom is -0.280 e. The predicted molar refractivity (Wildman–Crippen MR) is 24.3 cm³/mol. The first kappa shape index (κ1) is 5.52. The number of carbonyl (C=O) groups is 1. The molecule has 0 aromatic rings. The molecule has 0 aliphatic rings. The zero-order chi connectivity index (χ0) is 4.99. The number of hydrogen-bond donors (Lipinski definition) is 0. The van der Waals surface area contributed by atoms with Crippen LogP contribution >= 0.6 is 11.6 Å². The second kappa shape index (κ2) is 2.74. The van der Waals surface area contributed by atoms with Gasteiger partial charge in [0.15, 0.2) is 0 Å². The zero-order valence-corrected chi connectivity index (χ0v) is 3.83. The zero-order valence-electron chi connectivity index (χ0n) is 3.07. The van der Waals surface area contributed by atoms with Crippen molar-refractivity contribution < 1.29 is 4.79 Å².